The highest BCUT2D eigenvalue weighted by molar-refractivity contribution is 5.87. The zero-order valence-corrected chi connectivity index (χ0v) is 14.0. The Morgan fingerprint density at radius 2 is 1.96 bits per heavy atom. The zero-order valence-electron chi connectivity index (χ0n) is 14.0. The van der Waals surface area contributed by atoms with Crippen molar-refractivity contribution in [3.8, 4) is 17.2 Å². The Hall–Kier alpha value is -2.86. The smallest absolute Gasteiger partial charge is 0.246 e. The lowest BCUT2D eigenvalue weighted by atomic mass is 9.96. The molecule has 0 saturated carbocycles. The van der Waals surface area contributed by atoms with Gasteiger partial charge in [0.25, 0.3) is 0 Å². The van der Waals surface area contributed by atoms with Crippen LogP contribution in [-0.2, 0) is 11.3 Å². The van der Waals surface area contributed by atoms with Crippen LogP contribution in [-0.4, -0.2) is 17.4 Å². The predicted molar refractivity (Wildman–Crippen MR) is 97.1 cm³/mol. The van der Waals surface area contributed by atoms with Gasteiger partial charge in [0.2, 0.25) is 5.91 Å². The minimum absolute atomic E-state index is 0.0996. The molecular formula is C21H22N2O. The first-order chi connectivity index (χ1) is 11.7. The second-order valence-electron chi connectivity index (χ2n) is 5.63. The summed E-state index contributed by atoms with van der Waals surface area (Å²) in [5.41, 5.74) is 3.40. The van der Waals surface area contributed by atoms with Crippen LogP contribution in [0.4, 0.5) is 0 Å². The van der Waals surface area contributed by atoms with Gasteiger partial charge in [0.05, 0.1) is 5.56 Å². The zero-order chi connectivity index (χ0) is 17.4. The van der Waals surface area contributed by atoms with Crippen molar-refractivity contribution >= 4 is 5.91 Å². The van der Waals surface area contributed by atoms with Crippen LogP contribution in [0, 0.1) is 11.3 Å². The molecule has 0 aromatic heterocycles. The first-order valence-electron chi connectivity index (χ1n) is 8.20. The molecule has 2 rings (SSSR count). The van der Waals surface area contributed by atoms with Gasteiger partial charge in [-0.25, -0.2) is 0 Å². The van der Waals surface area contributed by atoms with Crippen molar-refractivity contribution in [2.45, 2.75) is 26.3 Å². The van der Waals surface area contributed by atoms with Crippen LogP contribution < -0.4 is 0 Å². The van der Waals surface area contributed by atoms with E-state index in [0.717, 1.165) is 29.5 Å². The lowest BCUT2D eigenvalue weighted by molar-refractivity contribution is -0.126. The van der Waals surface area contributed by atoms with Gasteiger partial charge in [0.15, 0.2) is 0 Å². The monoisotopic (exact) mass is 318 g/mol. The Morgan fingerprint density at radius 1 is 1.21 bits per heavy atom. The molecule has 1 amide bonds. The van der Waals surface area contributed by atoms with Gasteiger partial charge in [0.1, 0.15) is 6.07 Å². The van der Waals surface area contributed by atoms with E-state index < -0.39 is 0 Å². The van der Waals surface area contributed by atoms with Gasteiger partial charge in [-0.05, 0) is 29.2 Å². The van der Waals surface area contributed by atoms with Crippen molar-refractivity contribution in [2.24, 2.45) is 0 Å². The maximum absolute atomic E-state index is 12.1. The van der Waals surface area contributed by atoms with Crippen molar-refractivity contribution in [2.75, 3.05) is 6.54 Å². The van der Waals surface area contributed by atoms with Crippen LogP contribution >= 0.6 is 0 Å². The Balaban J connectivity index is 2.38. The molecule has 0 aliphatic carbocycles. The number of hydrogen-bond acceptors (Lipinski definition) is 2. The standard InChI is InChI=1S/C21H22N2O/c1-3-5-14-23(21(24)4-2)16-18-12-9-13-19(20(18)15-22)17-10-7-6-8-11-17/h4,6-13H,2-3,5,14,16H2,1H3. The fraction of sp³-hybridized carbons (Fsp3) is 0.238. The van der Waals surface area contributed by atoms with Crippen LogP contribution in [0.1, 0.15) is 30.9 Å². The number of carbonyl (C=O) groups excluding carboxylic acids is 1. The average Bonchev–Trinajstić information content (AvgIpc) is 2.64. The molecule has 0 saturated heterocycles. The molecule has 0 fully saturated rings. The van der Waals surface area contributed by atoms with E-state index in [0.29, 0.717) is 18.7 Å². The molecule has 0 atom stereocenters. The summed E-state index contributed by atoms with van der Waals surface area (Å²) in [6, 6.07) is 18.0. The summed E-state index contributed by atoms with van der Waals surface area (Å²) in [6.07, 6.45) is 3.28. The molecule has 122 valence electrons. The molecule has 3 heteroatoms. The number of nitriles is 1. The summed E-state index contributed by atoms with van der Waals surface area (Å²) in [6.45, 7) is 6.77. The Bertz CT molecular complexity index is 744. The number of rotatable bonds is 7. The number of unbranched alkanes of at least 4 members (excludes halogenated alkanes) is 1. The van der Waals surface area contributed by atoms with Crippen LogP contribution in [0.2, 0.25) is 0 Å². The van der Waals surface area contributed by atoms with Crippen molar-refractivity contribution in [3.63, 3.8) is 0 Å². The molecule has 0 aliphatic rings. The van der Waals surface area contributed by atoms with E-state index in [-0.39, 0.29) is 5.91 Å². The lowest BCUT2D eigenvalue weighted by Gasteiger charge is -2.22. The SMILES string of the molecule is C=CC(=O)N(CCCC)Cc1cccc(-c2ccccc2)c1C#N. The second kappa shape index (κ2) is 8.69. The summed E-state index contributed by atoms with van der Waals surface area (Å²) in [5, 5.41) is 9.67. The summed E-state index contributed by atoms with van der Waals surface area (Å²) in [5.74, 6) is -0.0996. The van der Waals surface area contributed by atoms with Gasteiger partial charge in [-0.1, -0.05) is 68.5 Å². The number of benzene rings is 2. The first-order valence-corrected chi connectivity index (χ1v) is 8.20. The largest absolute Gasteiger partial charge is 0.335 e. The number of carbonyl (C=O) groups is 1. The fourth-order valence-electron chi connectivity index (χ4n) is 2.67. The third-order valence-corrected chi connectivity index (χ3v) is 3.98. The van der Waals surface area contributed by atoms with Crippen LogP contribution in [0.25, 0.3) is 11.1 Å². The average molecular weight is 318 g/mol. The number of amides is 1. The maximum Gasteiger partial charge on any atom is 0.246 e. The van der Waals surface area contributed by atoms with Gasteiger partial charge < -0.3 is 4.90 Å². The third-order valence-electron chi connectivity index (χ3n) is 3.98. The van der Waals surface area contributed by atoms with Gasteiger partial charge in [-0.3, -0.25) is 4.79 Å². The molecule has 3 nitrogen and oxygen atoms in total. The Labute approximate surface area is 143 Å². The molecule has 0 radical (unpaired) electrons. The summed E-state index contributed by atoms with van der Waals surface area (Å²) < 4.78 is 0. The van der Waals surface area contributed by atoms with E-state index in [2.05, 4.69) is 19.6 Å². The van der Waals surface area contributed by atoms with Gasteiger partial charge in [-0.2, -0.15) is 5.26 Å². The van der Waals surface area contributed by atoms with E-state index in [9.17, 15) is 10.1 Å². The normalized spacial score (nSPS) is 10.0. The van der Waals surface area contributed by atoms with E-state index in [1.807, 2.05) is 48.5 Å². The summed E-state index contributed by atoms with van der Waals surface area (Å²) in [7, 11) is 0. The van der Waals surface area contributed by atoms with Crippen LogP contribution in [0.5, 0.6) is 0 Å². The van der Waals surface area contributed by atoms with Crippen molar-refractivity contribution in [1.82, 2.24) is 4.90 Å². The molecule has 0 heterocycles. The highest BCUT2D eigenvalue weighted by atomic mass is 16.2. The van der Waals surface area contributed by atoms with Gasteiger partial charge in [-0.15, -0.1) is 0 Å². The van der Waals surface area contributed by atoms with E-state index in [1.54, 1.807) is 4.90 Å². The van der Waals surface area contributed by atoms with Crippen molar-refractivity contribution in [3.05, 3.63) is 72.3 Å². The Morgan fingerprint density at radius 3 is 2.58 bits per heavy atom. The van der Waals surface area contributed by atoms with E-state index >= 15 is 0 Å². The molecule has 0 bridgehead atoms. The van der Waals surface area contributed by atoms with Gasteiger partial charge >= 0.3 is 0 Å². The third kappa shape index (κ3) is 4.11. The summed E-state index contributed by atoms with van der Waals surface area (Å²) >= 11 is 0. The second-order valence-corrected chi connectivity index (χ2v) is 5.63. The van der Waals surface area contributed by atoms with E-state index in [4.69, 9.17) is 0 Å². The number of hydrogen-bond donors (Lipinski definition) is 0. The quantitative estimate of drug-likeness (QED) is 0.703. The maximum atomic E-state index is 12.1. The van der Waals surface area contributed by atoms with Crippen molar-refractivity contribution < 1.29 is 4.79 Å². The van der Waals surface area contributed by atoms with Crippen LogP contribution in [0.3, 0.4) is 0 Å². The molecule has 2 aromatic carbocycles. The molecular weight excluding hydrogens is 296 g/mol. The van der Waals surface area contributed by atoms with E-state index in [1.165, 1.54) is 6.08 Å². The Kier molecular flexibility index (Phi) is 6.33. The minimum Gasteiger partial charge on any atom is -0.335 e. The highest BCUT2D eigenvalue weighted by Crippen LogP contribution is 2.26. The summed E-state index contributed by atoms with van der Waals surface area (Å²) in [4.78, 5) is 13.9. The predicted octanol–water partition coefficient (Wildman–Crippen LogP) is 4.54. The van der Waals surface area contributed by atoms with Crippen LogP contribution in [0.15, 0.2) is 61.2 Å². The fourth-order valence-corrected chi connectivity index (χ4v) is 2.67. The molecule has 0 aliphatic heterocycles. The molecule has 0 spiro atoms. The molecule has 2 aromatic rings. The van der Waals surface area contributed by atoms with Gasteiger partial charge in [0, 0.05) is 13.1 Å². The van der Waals surface area contributed by atoms with Crippen molar-refractivity contribution in [1.29, 1.82) is 5.26 Å². The molecule has 0 unspecified atom stereocenters. The highest BCUT2D eigenvalue weighted by Gasteiger charge is 2.15. The first kappa shape index (κ1) is 17.5. The topological polar surface area (TPSA) is 44.1 Å². The molecule has 24 heavy (non-hydrogen) atoms. The lowest BCUT2D eigenvalue weighted by Crippen LogP contribution is -2.30. The minimum atomic E-state index is -0.0996. The molecule has 0 N–H and O–H groups in total. The number of nitrogens with zero attached hydrogens (tertiary/aromatic N) is 2.